The summed E-state index contributed by atoms with van der Waals surface area (Å²) >= 11 is 12.3. The Kier molecular flexibility index (Phi) is 9.61. The number of nitrogens with zero attached hydrogens (tertiary/aromatic N) is 2. The van der Waals surface area contributed by atoms with Crippen LogP contribution < -0.4 is 14.4 Å². The van der Waals surface area contributed by atoms with E-state index >= 15 is 0 Å². The normalized spacial score (nSPS) is 12.1. The number of likely N-dealkylation sites (N-methyl/N-ethyl adjacent to an activating group) is 1. The molecular weight excluding hydrogens is 501 g/mol. The summed E-state index contributed by atoms with van der Waals surface area (Å²) in [5.41, 5.74) is 1.59. The molecule has 1 atom stereocenters. The minimum absolute atomic E-state index is 0.0106. The fourth-order valence-electron chi connectivity index (χ4n) is 3.51. The summed E-state index contributed by atoms with van der Waals surface area (Å²) in [6, 6.07) is 9.04. The van der Waals surface area contributed by atoms with Gasteiger partial charge in [-0.25, -0.2) is 8.42 Å². The third-order valence-corrected chi connectivity index (χ3v) is 6.98. The van der Waals surface area contributed by atoms with E-state index in [1.807, 2.05) is 0 Å². The zero-order chi connectivity index (χ0) is 25.6. The number of benzene rings is 2. The van der Waals surface area contributed by atoms with Crippen LogP contribution in [0.15, 0.2) is 36.4 Å². The van der Waals surface area contributed by atoms with E-state index in [0.717, 1.165) is 16.1 Å². The van der Waals surface area contributed by atoms with Crippen molar-refractivity contribution in [1.29, 1.82) is 0 Å². The van der Waals surface area contributed by atoms with Gasteiger partial charge < -0.3 is 15.0 Å². The van der Waals surface area contributed by atoms with Gasteiger partial charge >= 0.3 is 0 Å². The van der Waals surface area contributed by atoms with Crippen molar-refractivity contribution in [3.05, 3.63) is 57.6 Å². The molecule has 2 aromatic carbocycles. The van der Waals surface area contributed by atoms with Crippen LogP contribution in [0.25, 0.3) is 0 Å². The molecule has 0 saturated carbocycles. The van der Waals surface area contributed by atoms with Gasteiger partial charge in [0.1, 0.15) is 18.3 Å². The maximum atomic E-state index is 13.6. The highest BCUT2D eigenvalue weighted by Crippen LogP contribution is 2.31. The van der Waals surface area contributed by atoms with Crippen LogP contribution in [0.4, 0.5) is 5.69 Å². The molecule has 186 valence electrons. The minimum Gasteiger partial charge on any atom is -0.495 e. The Labute approximate surface area is 210 Å². The highest BCUT2D eigenvalue weighted by molar-refractivity contribution is 7.92. The van der Waals surface area contributed by atoms with E-state index < -0.39 is 28.5 Å². The lowest BCUT2D eigenvalue weighted by Gasteiger charge is -2.33. The number of sulfonamides is 1. The third kappa shape index (κ3) is 6.77. The number of rotatable bonds is 10. The highest BCUT2D eigenvalue weighted by atomic mass is 35.5. The quantitative estimate of drug-likeness (QED) is 0.506. The number of hydrogen-bond acceptors (Lipinski definition) is 5. The number of ether oxygens (including phenoxy) is 1. The van der Waals surface area contributed by atoms with Gasteiger partial charge in [0.05, 0.1) is 19.1 Å². The van der Waals surface area contributed by atoms with Crippen LogP contribution in [0.1, 0.15) is 24.5 Å². The summed E-state index contributed by atoms with van der Waals surface area (Å²) in [7, 11) is -0.983. The van der Waals surface area contributed by atoms with Crippen LogP contribution in [-0.4, -0.2) is 58.1 Å². The van der Waals surface area contributed by atoms with Gasteiger partial charge in [0.25, 0.3) is 0 Å². The van der Waals surface area contributed by atoms with Crippen LogP contribution in [0.2, 0.25) is 10.0 Å². The average molecular weight is 530 g/mol. The van der Waals surface area contributed by atoms with Crippen molar-refractivity contribution in [1.82, 2.24) is 10.2 Å². The van der Waals surface area contributed by atoms with Gasteiger partial charge in [-0.3, -0.25) is 13.9 Å². The van der Waals surface area contributed by atoms with Crippen molar-refractivity contribution in [3.8, 4) is 5.75 Å². The van der Waals surface area contributed by atoms with Crippen LogP contribution in [0, 0.1) is 6.92 Å². The molecule has 11 heteroatoms. The fourth-order valence-corrected chi connectivity index (χ4v) is 4.82. The van der Waals surface area contributed by atoms with Crippen molar-refractivity contribution in [2.45, 2.75) is 32.9 Å². The first-order valence-corrected chi connectivity index (χ1v) is 13.1. The summed E-state index contributed by atoms with van der Waals surface area (Å²) < 4.78 is 31.8. The summed E-state index contributed by atoms with van der Waals surface area (Å²) in [5.74, 6) is -0.648. The van der Waals surface area contributed by atoms with Gasteiger partial charge in [0.15, 0.2) is 0 Å². The fraction of sp³-hybridized carbons (Fsp3) is 0.391. The second kappa shape index (κ2) is 11.8. The van der Waals surface area contributed by atoms with Crippen molar-refractivity contribution >= 4 is 50.7 Å². The predicted molar refractivity (Wildman–Crippen MR) is 135 cm³/mol. The predicted octanol–water partition coefficient (Wildman–Crippen LogP) is 3.63. The van der Waals surface area contributed by atoms with Crippen LogP contribution >= 0.6 is 23.2 Å². The lowest BCUT2D eigenvalue weighted by molar-refractivity contribution is -0.140. The molecule has 0 aliphatic heterocycles. The molecule has 8 nitrogen and oxygen atoms in total. The van der Waals surface area contributed by atoms with Crippen molar-refractivity contribution in [2.75, 3.05) is 31.3 Å². The molecule has 0 heterocycles. The van der Waals surface area contributed by atoms with E-state index in [1.165, 1.54) is 19.1 Å². The lowest BCUT2D eigenvalue weighted by atomic mass is 10.1. The highest BCUT2D eigenvalue weighted by Gasteiger charge is 2.32. The maximum Gasteiger partial charge on any atom is 0.244 e. The van der Waals surface area contributed by atoms with E-state index in [2.05, 4.69) is 5.32 Å². The topological polar surface area (TPSA) is 96.0 Å². The Morgan fingerprint density at radius 3 is 2.35 bits per heavy atom. The Bertz CT molecular complexity index is 1160. The Hall–Kier alpha value is -2.49. The zero-order valence-corrected chi connectivity index (χ0v) is 22.1. The van der Waals surface area contributed by atoms with E-state index in [9.17, 15) is 18.0 Å². The second-order valence-corrected chi connectivity index (χ2v) is 10.5. The number of aryl methyl sites for hydroxylation is 1. The summed E-state index contributed by atoms with van der Waals surface area (Å²) in [5, 5.41) is 3.32. The van der Waals surface area contributed by atoms with Gasteiger partial charge in [-0.15, -0.1) is 0 Å². The van der Waals surface area contributed by atoms with Crippen molar-refractivity contribution in [3.63, 3.8) is 0 Å². The van der Waals surface area contributed by atoms with Crippen molar-refractivity contribution in [2.24, 2.45) is 0 Å². The molecule has 1 unspecified atom stereocenters. The number of carbonyl (C=O) groups excluding carboxylic acids is 2. The molecule has 1 N–H and O–H groups in total. The molecule has 0 fully saturated rings. The average Bonchev–Trinajstić information content (AvgIpc) is 2.77. The first-order chi connectivity index (χ1) is 15.9. The van der Waals surface area contributed by atoms with E-state index in [4.69, 9.17) is 27.9 Å². The first kappa shape index (κ1) is 27.8. The summed E-state index contributed by atoms with van der Waals surface area (Å²) in [6.07, 6.45) is 1.32. The summed E-state index contributed by atoms with van der Waals surface area (Å²) in [6.45, 7) is 3.03. The SMILES string of the molecule is CCC(C(=O)NC)N(Cc1ccc(Cl)cc1Cl)C(=O)CN(c1cc(C)ccc1OC)S(C)(=O)=O. The molecule has 2 amide bonds. The zero-order valence-electron chi connectivity index (χ0n) is 19.8. The van der Waals surface area contributed by atoms with Crippen LogP contribution in [0.3, 0.4) is 0 Å². The maximum absolute atomic E-state index is 13.6. The number of amides is 2. The Morgan fingerprint density at radius 2 is 1.82 bits per heavy atom. The number of anilines is 1. The Balaban J connectivity index is 2.53. The molecule has 0 aliphatic carbocycles. The molecule has 0 spiro atoms. The van der Waals surface area contributed by atoms with Gasteiger partial charge in [-0.2, -0.15) is 0 Å². The van der Waals surface area contributed by atoms with Crippen LogP contribution in [0.5, 0.6) is 5.75 Å². The van der Waals surface area contributed by atoms with E-state index in [-0.39, 0.29) is 18.1 Å². The largest absolute Gasteiger partial charge is 0.495 e. The summed E-state index contributed by atoms with van der Waals surface area (Å²) in [4.78, 5) is 27.5. The number of halogens is 2. The molecular formula is C23H29Cl2N3O5S. The van der Waals surface area contributed by atoms with Crippen molar-refractivity contribution < 1.29 is 22.7 Å². The smallest absolute Gasteiger partial charge is 0.244 e. The number of nitrogens with one attached hydrogen (secondary N) is 1. The minimum atomic E-state index is -3.88. The number of carbonyl (C=O) groups is 2. The van der Waals surface area contributed by atoms with Gasteiger partial charge in [0.2, 0.25) is 21.8 Å². The van der Waals surface area contributed by atoms with E-state index in [0.29, 0.717) is 27.8 Å². The first-order valence-electron chi connectivity index (χ1n) is 10.5. The number of hydrogen-bond donors (Lipinski definition) is 1. The van der Waals surface area contributed by atoms with Gasteiger partial charge in [-0.05, 0) is 48.7 Å². The lowest BCUT2D eigenvalue weighted by Crippen LogP contribution is -2.51. The molecule has 0 saturated heterocycles. The molecule has 0 aromatic heterocycles. The molecule has 0 aliphatic rings. The second-order valence-electron chi connectivity index (χ2n) is 7.74. The molecule has 2 aromatic rings. The molecule has 34 heavy (non-hydrogen) atoms. The number of methoxy groups -OCH3 is 1. The monoisotopic (exact) mass is 529 g/mol. The van der Waals surface area contributed by atoms with Gasteiger partial charge in [-0.1, -0.05) is 42.3 Å². The van der Waals surface area contributed by atoms with Crippen LogP contribution in [-0.2, 0) is 26.2 Å². The Morgan fingerprint density at radius 1 is 1.15 bits per heavy atom. The standard InChI is InChI=1S/C23H29Cl2N3O5S/c1-6-19(23(30)26-3)27(13-16-8-9-17(24)12-18(16)25)22(29)14-28(34(5,31)32)20-11-15(2)7-10-21(20)33-4/h7-12,19H,6,13-14H2,1-5H3,(H,26,30). The molecule has 0 radical (unpaired) electrons. The van der Waals surface area contributed by atoms with E-state index in [1.54, 1.807) is 50.2 Å². The molecule has 2 rings (SSSR count). The molecule has 0 bridgehead atoms. The van der Waals surface area contributed by atoms with Gasteiger partial charge in [0, 0.05) is 23.6 Å². The third-order valence-electron chi connectivity index (χ3n) is 5.27.